The molecule has 0 aliphatic heterocycles. The van der Waals surface area contributed by atoms with E-state index in [1.54, 1.807) is 7.05 Å². The van der Waals surface area contributed by atoms with Gasteiger partial charge >= 0.3 is 6.36 Å². The highest BCUT2D eigenvalue weighted by atomic mass is 35.5. The van der Waals surface area contributed by atoms with Crippen LogP contribution in [0.5, 0.6) is 5.75 Å². The molecule has 0 spiro atoms. The molecule has 3 N–H and O–H groups in total. The lowest BCUT2D eigenvalue weighted by Crippen LogP contribution is -2.34. The predicted molar refractivity (Wildman–Crippen MR) is 73.1 cm³/mol. The van der Waals surface area contributed by atoms with Crippen LogP contribution in [0, 0.1) is 0 Å². The Hall–Kier alpha value is -0.690. The number of nitrogens with two attached hydrogens (primary N) is 1. The van der Waals surface area contributed by atoms with Gasteiger partial charge in [0.2, 0.25) is 0 Å². The zero-order valence-electron chi connectivity index (χ0n) is 10.4. The summed E-state index contributed by atoms with van der Waals surface area (Å²) in [7, 11) is 1.77. The molecule has 0 amide bonds. The molecule has 0 radical (unpaired) electrons. The summed E-state index contributed by atoms with van der Waals surface area (Å²) >= 11 is 0. The van der Waals surface area contributed by atoms with Crippen LogP contribution in [-0.4, -0.2) is 19.5 Å². The van der Waals surface area contributed by atoms with Gasteiger partial charge in [0.05, 0.1) is 0 Å². The van der Waals surface area contributed by atoms with E-state index in [4.69, 9.17) is 5.73 Å². The molecule has 0 saturated carbocycles. The molecule has 0 aliphatic rings. The molecule has 1 aromatic rings. The highest BCUT2D eigenvalue weighted by molar-refractivity contribution is 5.85. The first-order chi connectivity index (χ1) is 7.83. The monoisotopic (exact) mass is 320 g/mol. The molecule has 0 saturated heterocycles. The van der Waals surface area contributed by atoms with Crippen molar-refractivity contribution in [1.82, 2.24) is 5.32 Å². The Bertz CT molecular complexity index is 360. The van der Waals surface area contributed by atoms with E-state index in [1.165, 1.54) is 24.3 Å². The number of halogens is 5. The van der Waals surface area contributed by atoms with Crippen molar-refractivity contribution in [3.05, 3.63) is 29.8 Å². The van der Waals surface area contributed by atoms with Crippen molar-refractivity contribution in [3.8, 4) is 5.75 Å². The molecule has 8 heteroatoms. The first-order valence-corrected chi connectivity index (χ1v) is 5.12. The lowest BCUT2D eigenvalue weighted by atomic mass is 10.0. The summed E-state index contributed by atoms with van der Waals surface area (Å²) in [4.78, 5) is 0. The van der Waals surface area contributed by atoms with Gasteiger partial charge in [0.15, 0.2) is 0 Å². The topological polar surface area (TPSA) is 47.3 Å². The van der Waals surface area contributed by atoms with Crippen LogP contribution in [0.1, 0.15) is 18.5 Å². The van der Waals surface area contributed by atoms with Gasteiger partial charge in [-0.1, -0.05) is 12.1 Å². The zero-order chi connectivity index (χ0) is 13.1. The maximum absolute atomic E-state index is 11.9. The second kappa shape index (κ2) is 8.47. The third-order valence-electron chi connectivity index (χ3n) is 2.49. The van der Waals surface area contributed by atoms with Crippen LogP contribution in [0.25, 0.3) is 0 Å². The van der Waals surface area contributed by atoms with Crippen molar-refractivity contribution < 1.29 is 17.9 Å². The number of benzene rings is 1. The lowest BCUT2D eigenvalue weighted by Gasteiger charge is -2.19. The molecule has 1 rings (SSSR count). The van der Waals surface area contributed by atoms with Crippen molar-refractivity contribution >= 4 is 24.8 Å². The molecule has 19 heavy (non-hydrogen) atoms. The van der Waals surface area contributed by atoms with Gasteiger partial charge in [-0.3, -0.25) is 0 Å². The molecule has 3 nitrogen and oxygen atoms in total. The van der Waals surface area contributed by atoms with E-state index in [0.29, 0.717) is 0 Å². The van der Waals surface area contributed by atoms with Crippen molar-refractivity contribution in [2.75, 3.05) is 7.05 Å². The molecule has 0 heterocycles. The van der Waals surface area contributed by atoms with E-state index >= 15 is 0 Å². The Balaban J connectivity index is 0. The smallest absolute Gasteiger partial charge is 0.406 e. The van der Waals surface area contributed by atoms with Gasteiger partial charge < -0.3 is 15.8 Å². The fourth-order valence-corrected chi connectivity index (χ4v) is 1.36. The second-order valence-electron chi connectivity index (χ2n) is 3.72. The molecule has 112 valence electrons. The minimum Gasteiger partial charge on any atom is -0.406 e. The van der Waals surface area contributed by atoms with Crippen LogP contribution >= 0.6 is 24.8 Å². The van der Waals surface area contributed by atoms with Crippen LogP contribution < -0.4 is 15.8 Å². The van der Waals surface area contributed by atoms with Crippen molar-refractivity contribution in [2.45, 2.75) is 25.4 Å². The van der Waals surface area contributed by atoms with E-state index in [0.717, 1.165) is 5.56 Å². The second-order valence-corrected chi connectivity index (χ2v) is 3.72. The Morgan fingerprint density at radius 3 is 2.00 bits per heavy atom. The van der Waals surface area contributed by atoms with Gasteiger partial charge in [0.25, 0.3) is 0 Å². The molecule has 2 atom stereocenters. The fourth-order valence-electron chi connectivity index (χ4n) is 1.36. The van der Waals surface area contributed by atoms with Crippen LogP contribution in [0.2, 0.25) is 0 Å². The standard InChI is InChI=1S/C11H15F3N2O.2ClH/c1-7(16-2)10(15)8-3-5-9(6-4-8)17-11(12,13)14;;/h3-7,10,16H,15H2,1-2H3;2*1H. The molecular formula is C11H17Cl2F3N2O. The predicted octanol–water partition coefficient (Wildman–Crippen LogP) is 3.04. The molecule has 0 fully saturated rings. The van der Waals surface area contributed by atoms with Crippen LogP contribution in [-0.2, 0) is 0 Å². The zero-order valence-corrected chi connectivity index (χ0v) is 12.0. The van der Waals surface area contributed by atoms with Gasteiger partial charge in [0.1, 0.15) is 5.75 Å². The average molecular weight is 321 g/mol. The normalized spacial score (nSPS) is 13.8. The minimum absolute atomic E-state index is 0. The third kappa shape index (κ3) is 6.87. The van der Waals surface area contributed by atoms with Crippen molar-refractivity contribution in [3.63, 3.8) is 0 Å². The fraction of sp³-hybridized carbons (Fsp3) is 0.455. The summed E-state index contributed by atoms with van der Waals surface area (Å²) in [6, 6.07) is 5.32. The molecule has 0 aromatic heterocycles. The molecule has 0 bridgehead atoms. The quantitative estimate of drug-likeness (QED) is 0.896. The maximum atomic E-state index is 11.9. The Kier molecular flexibility index (Phi) is 9.20. The van der Waals surface area contributed by atoms with E-state index in [9.17, 15) is 13.2 Å². The molecule has 1 aromatic carbocycles. The van der Waals surface area contributed by atoms with Gasteiger partial charge in [-0.25, -0.2) is 0 Å². The highest BCUT2D eigenvalue weighted by Crippen LogP contribution is 2.24. The Morgan fingerprint density at radius 2 is 1.63 bits per heavy atom. The summed E-state index contributed by atoms with van der Waals surface area (Å²) in [6.45, 7) is 1.89. The largest absolute Gasteiger partial charge is 0.573 e. The van der Waals surface area contributed by atoms with Crippen LogP contribution in [0.3, 0.4) is 0 Å². The number of rotatable bonds is 4. The molecular weight excluding hydrogens is 304 g/mol. The van der Waals surface area contributed by atoms with Crippen molar-refractivity contribution in [2.24, 2.45) is 5.73 Å². The van der Waals surface area contributed by atoms with Gasteiger partial charge in [-0.15, -0.1) is 38.0 Å². The highest BCUT2D eigenvalue weighted by Gasteiger charge is 2.31. The molecule has 2 unspecified atom stereocenters. The SMILES string of the molecule is CNC(C)C(N)c1ccc(OC(F)(F)F)cc1.Cl.Cl. The summed E-state index contributed by atoms with van der Waals surface area (Å²) in [6.07, 6.45) is -4.66. The minimum atomic E-state index is -4.66. The summed E-state index contributed by atoms with van der Waals surface area (Å²) in [5.41, 5.74) is 6.65. The van der Waals surface area contributed by atoms with E-state index in [1.807, 2.05) is 6.92 Å². The summed E-state index contributed by atoms with van der Waals surface area (Å²) < 4.78 is 39.5. The maximum Gasteiger partial charge on any atom is 0.573 e. The first-order valence-electron chi connectivity index (χ1n) is 5.12. The number of nitrogens with one attached hydrogen (secondary N) is 1. The lowest BCUT2D eigenvalue weighted by molar-refractivity contribution is -0.274. The van der Waals surface area contributed by atoms with Crippen LogP contribution in [0.15, 0.2) is 24.3 Å². The van der Waals surface area contributed by atoms with Gasteiger partial charge in [-0.05, 0) is 31.7 Å². The Labute approximate surface area is 122 Å². The van der Waals surface area contributed by atoms with E-state index in [-0.39, 0.29) is 42.6 Å². The summed E-state index contributed by atoms with van der Waals surface area (Å²) in [5, 5.41) is 2.98. The summed E-state index contributed by atoms with van der Waals surface area (Å²) in [5.74, 6) is -0.245. The number of hydrogen-bond acceptors (Lipinski definition) is 3. The third-order valence-corrected chi connectivity index (χ3v) is 2.49. The van der Waals surface area contributed by atoms with Gasteiger partial charge in [0, 0.05) is 12.1 Å². The Morgan fingerprint density at radius 1 is 1.16 bits per heavy atom. The number of hydrogen-bond donors (Lipinski definition) is 2. The average Bonchev–Trinajstić information content (AvgIpc) is 2.26. The van der Waals surface area contributed by atoms with Crippen LogP contribution in [0.4, 0.5) is 13.2 Å². The van der Waals surface area contributed by atoms with Gasteiger partial charge in [-0.2, -0.15) is 0 Å². The number of alkyl halides is 3. The van der Waals surface area contributed by atoms with E-state index < -0.39 is 6.36 Å². The number of likely N-dealkylation sites (N-methyl/N-ethyl adjacent to an activating group) is 1. The first kappa shape index (κ1) is 20.6. The number of ether oxygens (including phenoxy) is 1. The van der Waals surface area contributed by atoms with Crippen molar-refractivity contribution in [1.29, 1.82) is 0 Å². The molecule has 0 aliphatic carbocycles. The van der Waals surface area contributed by atoms with E-state index in [2.05, 4.69) is 10.1 Å².